The molecule has 1 amide bonds. The second kappa shape index (κ2) is 10.3. The van der Waals surface area contributed by atoms with Crippen molar-refractivity contribution < 1.29 is 17.9 Å². The van der Waals surface area contributed by atoms with E-state index in [0.29, 0.717) is 28.6 Å². The maximum atomic E-state index is 13.3. The zero-order valence-corrected chi connectivity index (χ0v) is 20.5. The number of anilines is 2. The molecule has 0 radical (unpaired) electrons. The lowest BCUT2D eigenvalue weighted by Crippen LogP contribution is -2.17. The Morgan fingerprint density at radius 3 is 2.45 bits per heavy atom. The van der Waals surface area contributed by atoms with E-state index in [1.807, 2.05) is 39.0 Å². The summed E-state index contributed by atoms with van der Waals surface area (Å²) in [6, 6.07) is 16.5. The Morgan fingerprint density at radius 2 is 1.79 bits per heavy atom. The molecule has 3 aromatic carbocycles. The Kier molecular flexibility index (Phi) is 7.66. The average molecular weight is 487 g/mol. The van der Waals surface area contributed by atoms with Gasteiger partial charge in [-0.3, -0.25) is 9.52 Å². The fraction of sp³-hybridized carbons (Fsp3) is 0.240. The molecule has 3 aromatic rings. The van der Waals surface area contributed by atoms with E-state index in [4.69, 9.17) is 16.3 Å². The molecule has 8 heteroatoms. The van der Waals surface area contributed by atoms with Crippen LogP contribution in [0.2, 0.25) is 5.02 Å². The highest BCUT2D eigenvalue weighted by Crippen LogP contribution is 2.32. The van der Waals surface area contributed by atoms with Gasteiger partial charge in [-0.2, -0.15) is 0 Å². The smallest absolute Gasteiger partial charge is 0.261 e. The summed E-state index contributed by atoms with van der Waals surface area (Å²) >= 11 is 5.99. The van der Waals surface area contributed by atoms with Crippen molar-refractivity contribution in [1.29, 1.82) is 0 Å². The first kappa shape index (κ1) is 24.6. The van der Waals surface area contributed by atoms with Gasteiger partial charge < -0.3 is 10.1 Å². The number of aryl methyl sites for hydroxylation is 1. The molecule has 0 bridgehead atoms. The van der Waals surface area contributed by atoms with Crippen LogP contribution in [0.3, 0.4) is 0 Å². The second-order valence-corrected chi connectivity index (χ2v) is 9.97. The summed E-state index contributed by atoms with van der Waals surface area (Å²) in [5, 5.41) is 3.16. The molecule has 0 aliphatic rings. The molecule has 0 unspecified atom stereocenters. The topological polar surface area (TPSA) is 84.5 Å². The number of amides is 1. The largest absolute Gasteiger partial charge is 0.492 e. The molecule has 174 valence electrons. The Morgan fingerprint density at radius 1 is 1.06 bits per heavy atom. The van der Waals surface area contributed by atoms with Gasteiger partial charge in [-0.05, 0) is 67.3 Å². The van der Waals surface area contributed by atoms with Crippen LogP contribution in [0.25, 0.3) is 0 Å². The number of ether oxygens (including phenoxy) is 1. The van der Waals surface area contributed by atoms with Crippen LogP contribution in [-0.4, -0.2) is 20.9 Å². The number of carbonyl (C=O) groups is 1. The SMILES string of the molecule is CCOc1ccc(S(=O)(=O)Nc2c(C)cccc2C(C)C)cc1NC(=O)c1cccc(Cl)c1. The maximum Gasteiger partial charge on any atom is 0.261 e. The van der Waals surface area contributed by atoms with Crippen molar-refractivity contribution in [3.05, 3.63) is 82.4 Å². The number of halogens is 1. The average Bonchev–Trinajstić information content (AvgIpc) is 2.76. The van der Waals surface area contributed by atoms with Crippen molar-refractivity contribution in [2.45, 2.75) is 38.5 Å². The first-order valence-electron chi connectivity index (χ1n) is 10.6. The Balaban J connectivity index is 1.98. The minimum Gasteiger partial charge on any atom is -0.492 e. The van der Waals surface area contributed by atoms with Gasteiger partial charge >= 0.3 is 0 Å². The monoisotopic (exact) mass is 486 g/mol. The van der Waals surface area contributed by atoms with E-state index < -0.39 is 15.9 Å². The van der Waals surface area contributed by atoms with E-state index in [1.165, 1.54) is 24.3 Å². The van der Waals surface area contributed by atoms with E-state index in [9.17, 15) is 13.2 Å². The van der Waals surface area contributed by atoms with Crippen LogP contribution < -0.4 is 14.8 Å². The van der Waals surface area contributed by atoms with Crippen molar-refractivity contribution in [3.8, 4) is 5.75 Å². The summed E-state index contributed by atoms with van der Waals surface area (Å²) < 4.78 is 34.9. The molecular weight excluding hydrogens is 460 g/mol. The molecule has 0 fully saturated rings. The molecule has 0 spiro atoms. The number of hydrogen-bond acceptors (Lipinski definition) is 4. The van der Waals surface area contributed by atoms with Crippen molar-refractivity contribution in [2.24, 2.45) is 0 Å². The summed E-state index contributed by atoms with van der Waals surface area (Å²) in [5.41, 5.74) is 2.88. The van der Waals surface area contributed by atoms with Crippen LogP contribution in [0.5, 0.6) is 5.75 Å². The quantitative estimate of drug-likeness (QED) is 0.395. The lowest BCUT2D eigenvalue weighted by Gasteiger charge is -2.18. The van der Waals surface area contributed by atoms with Crippen LogP contribution in [0.1, 0.15) is 48.2 Å². The summed E-state index contributed by atoms with van der Waals surface area (Å²) in [6.45, 7) is 8.03. The molecule has 6 nitrogen and oxygen atoms in total. The predicted molar refractivity (Wildman–Crippen MR) is 133 cm³/mol. The normalized spacial score (nSPS) is 11.3. The van der Waals surface area contributed by atoms with Crippen molar-refractivity contribution in [3.63, 3.8) is 0 Å². The highest BCUT2D eigenvalue weighted by molar-refractivity contribution is 7.92. The van der Waals surface area contributed by atoms with Crippen molar-refractivity contribution in [1.82, 2.24) is 0 Å². The maximum absolute atomic E-state index is 13.3. The number of rotatable bonds is 8. The first-order valence-corrected chi connectivity index (χ1v) is 12.4. The van der Waals surface area contributed by atoms with E-state index in [2.05, 4.69) is 10.0 Å². The first-order chi connectivity index (χ1) is 15.6. The van der Waals surface area contributed by atoms with Crippen molar-refractivity contribution >= 4 is 38.9 Å². The van der Waals surface area contributed by atoms with Gasteiger partial charge in [-0.15, -0.1) is 0 Å². The number of para-hydroxylation sites is 1. The van der Waals surface area contributed by atoms with Gasteiger partial charge in [-0.25, -0.2) is 8.42 Å². The highest BCUT2D eigenvalue weighted by atomic mass is 35.5. The lowest BCUT2D eigenvalue weighted by atomic mass is 9.99. The fourth-order valence-corrected chi connectivity index (χ4v) is 4.76. The van der Waals surface area contributed by atoms with Gasteiger partial charge in [0.2, 0.25) is 0 Å². The minimum absolute atomic E-state index is 0.00491. The number of carbonyl (C=O) groups excluding carboxylic acids is 1. The summed E-state index contributed by atoms with van der Waals surface area (Å²) in [7, 11) is -3.93. The molecular formula is C25H27ClN2O4S. The van der Waals surface area contributed by atoms with E-state index in [0.717, 1.165) is 11.1 Å². The molecule has 0 atom stereocenters. The standard InChI is InChI=1S/C25H27ClN2O4S/c1-5-32-23-13-12-20(15-22(23)27-25(29)18-9-7-10-19(26)14-18)33(30,31)28-24-17(4)8-6-11-21(24)16(2)3/h6-16,28H,5H2,1-4H3,(H,27,29). The van der Waals surface area contributed by atoms with E-state index >= 15 is 0 Å². The van der Waals surface area contributed by atoms with Gasteiger partial charge in [0.15, 0.2) is 0 Å². The molecule has 0 saturated carbocycles. The molecule has 3 rings (SSSR count). The molecule has 0 saturated heterocycles. The fourth-order valence-electron chi connectivity index (χ4n) is 3.38. The molecule has 33 heavy (non-hydrogen) atoms. The third-order valence-electron chi connectivity index (χ3n) is 5.06. The third-order valence-corrected chi connectivity index (χ3v) is 6.64. The molecule has 0 aliphatic carbocycles. The Labute approximate surface area is 200 Å². The van der Waals surface area contributed by atoms with Crippen LogP contribution in [0, 0.1) is 6.92 Å². The number of nitrogens with one attached hydrogen (secondary N) is 2. The van der Waals surface area contributed by atoms with Crippen LogP contribution in [0.4, 0.5) is 11.4 Å². The summed E-state index contributed by atoms with van der Waals surface area (Å²) in [5.74, 6) is 0.0722. The third kappa shape index (κ3) is 5.86. The van der Waals surface area contributed by atoms with Crippen molar-refractivity contribution in [2.75, 3.05) is 16.6 Å². The zero-order chi connectivity index (χ0) is 24.2. The number of benzene rings is 3. The van der Waals surface area contributed by atoms with Gasteiger partial charge in [0.1, 0.15) is 5.75 Å². The summed E-state index contributed by atoms with van der Waals surface area (Å²) in [6.07, 6.45) is 0. The number of hydrogen-bond donors (Lipinski definition) is 2. The molecule has 2 N–H and O–H groups in total. The summed E-state index contributed by atoms with van der Waals surface area (Å²) in [4.78, 5) is 12.8. The van der Waals surface area contributed by atoms with Gasteiger partial charge in [0.05, 0.1) is 22.9 Å². The number of sulfonamides is 1. The second-order valence-electron chi connectivity index (χ2n) is 7.85. The molecule has 0 aromatic heterocycles. The van der Waals surface area contributed by atoms with Crippen LogP contribution in [0.15, 0.2) is 65.6 Å². The van der Waals surface area contributed by atoms with E-state index in [1.54, 1.807) is 25.1 Å². The van der Waals surface area contributed by atoms with Crippen LogP contribution in [-0.2, 0) is 10.0 Å². The predicted octanol–water partition coefficient (Wildman–Crippen LogP) is 6.22. The van der Waals surface area contributed by atoms with Gasteiger partial charge in [-0.1, -0.05) is 49.7 Å². The molecule has 0 heterocycles. The highest BCUT2D eigenvalue weighted by Gasteiger charge is 2.21. The van der Waals surface area contributed by atoms with E-state index in [-0.39, 0.29) is 16.5 Å². The molecule has 0 aliphatic heterocycles. The van der Waals surface area contributed by atoms with Gasteiger partial charge in [0, 0.05) is 10.6 Å². The Hall–Kier alpha value is -3.03. The lowest BCUT2D eigenvalue weighted by molar-refractivity contribution is 0.102. The van der Waals surface area contributed by atoms with Gasteiger partial charge in [0.25, 0.3) is 15.9 Å². The van der Waals surface area contributed by atoms with Crippen LogP contribution >= 0.6 is 11.6 Å². The Bertz CT molecular complexity index is 1270. The minimum atomic E-state index is -3.93. The zero-order valence-electron chi connectivity index (χ0n) is 19.0.